The maximum absolute atomic E-state index is 13.4. The third kappa shape index (κ3) is 2.68. The van der Waals surface area contributed by atoms with E-state index in [0.29, 0.717) is 11.8 Å². The summed E-state index contributed by atoms with van der Waals surface area (Å²) < 4.78 is 26.1. The number of hydrogen-bond donors (Lipinski definition) is 1. The molecule has 0 spiro atoms. The van der Waals surface area contributed by atoms with Gasteiger partial charge in [0.2, 0.25) is 0 Å². The Hall–Kier alpha value is -2.30. The van der Waals surface area contributed by atoms with Crippen molar-refractivity contribution in [3.05, 3.63) is 59.4 Å². The normalized spacial score (nSPS) is 10.2. The highest BCUT2D eigenvalue weighted by Gasteiger charge is 2.12. The van der Waals surface area contributed by atoms with Gasteiger partial charge in [0.05, 0.1) is 17.4 Å². The number of anilines is 1. The Morgan fingerprint density at radius 1 is 1.22 bits per heavy atom. The topological polar surface area (TPSA) is 42.0 Å². The van der Waals surface area contributed by atoms with E-state index in [1.54, 1.807) is 12.1 Å². The van der Waals surface area contributed by atoms with Gasteiger partial charge in [0.1, 0.15) is 11.6 Å². The third-order valence-electron chi connectivity index (χ3n) is 2.34. The van der Waals surface area contributed by atoms with Gasteiger partial charge in [0, 0.05) is 11.8 Å². The molecule has 0 aliphatic carbocycles. The Balaban J connectivity index is 2.19. The van der Waals surface area contributed by atoms with Crippen LogP contribution in [0.25, 0.3) is 0 Å². The minimum Gasteiger partial charge on any atom is -0.320 e. The number of rotatable bonds is 2. The van der Waals surface area contributed by atoms with E-state index >= 15 is 0 Å². The first-order chi connectivity index (χ1) is 8.56. The number of carbonyl (C=O) groups excluding carboxylic acids is 1. The summed E-state index contributed by atoms with van der Waals surface area (Å²) in [5.74, 6) is -2.26. The lowest BCUT2D eigenvalue weighted by Gasteiger charge is -2.06. The monoisotopic (exact) mass is 248 g/mol. The van der Waals surface area contributed by atoms with Crippen LogP contribution < -0.4 is 5.32 Å². The van der Waals surface area contributed by atoms with Crippen molar-refractivity contribution in [2.45, 2.75) is 6.92 Å². The van der Waals surface area contributed by atoms with Gasteiger partial charge in [0.15, 0.2) is 0 Å². The molecule has 0 atom stereocenters. The summed E-state index contributed by atoms with van der Waals surface area (Å²) in [5, 5.41) is 2.48. The van der Waals surface area contributed by atoms with E-state index in [1.165, 1.54) is 6.20 Å². The molecular formula is C13H10F2N2O. The highest BCUT2D eigenvalue weighted by molar-refractivity contribution is 6.04. The fraction of sp³-hybridized carbons (Fsp3) is 0.0769. The first-order valence-electron chi connectivity index (χ1n) is 5.25. The predicted molar refractivity (Wildman–Crippen MR) is 63.3 cm³/mol. The number of halogens is 2. The fourth-order valence-corrected chi connectivity index (χ4v) is 1.41. The summed E-state index contributed by atoms with van der Waals surface area (Å²) in [6.07, 6.45) is 1.47. The largest absolute Gasteiger partial charge is 0.320 e. The van der Waals surface area contributed by atoms with Gasteiger partial charge >= 0.3 is 0 Å². The molecule has 1 amide bonds. The maximum atomic E-state index is 13.4. The van der Waals surface area contributed by atoms with Gasteiger partial charge in [-0.1, -0.05) is 0 Å². The number of hydrogen-bond acceptors (Lipinski definition) is 2. The van der Waals surface area contributed by atoms with Crippen LogP contribution in [-0.4, -0.2) is 10.9 Å². The van der Waals surface area contributed by atoms with Crippen LogP contribution in [-0.2, 0) is 0 Å². The zero-order valence-corrected chi connectivity index (χ0v) is 9.58. The van der Waals surface area contributed by atoms with E-state index in [-0.39, 0.29) is 5.56 Å². The van der Waals surface area contributed by atoms with Gasteiger partial charge in [-0.2, -0.15) is 0 Å². The number of nitrogens with one attached hydrogen (secondary N) is 1. The Bertz CT molecular complexity index is 582. The molecule has 0 radical (unpaired) electrons. The van der Waals surface area contributed by atoms with Crippen molar-refractivity contribution in [2.24, 2.45) is 0 Å². The van der Waals surface area contributed by atoms with Crippen LogP contribution >= 0.6 is 0 Å². The van der Waals surface area contributed by atoms with Crippen LogP contribution in [0, 0.1) is 18.6 Å². The summed E-state index contributed by atoms with van der Waals surface area (Å²) in [4.78, 5) is 15.7. The number of pyridine rings is 1. The molecule has 0 aliphatic heterocycles. The van der Waals surface area contributed by atoms with Crippen molar-refractivity contribution in [1.82, 2.24) is 4.98 Å². The summed E-state index contributed by atoms with van der Waals surface area (Å²) in [5.41, 5.74) is 1.05. The zero-order valence-electron chi connectivity index (χ0n) is 9.58. The van der Waals surface area contributed by atoms with Crippen LogP contribution in [0.3, 0.4) is 0 Å². The smallest absolute Gasteiger partial charge is 0.258 e. The van der Waals surface area contributed by atoms with Crippen LogP contribution in [0.4, 0.5) is 14.5 Å². The fourth-order valence-electron chi connectivity index (χ4n) is 1.41. The molecule has 18 heavy (non-hydrogen) atoms. The van der Waals surface area contributed by atoms with Crippen LogP contribution in [0.2, 0.25) is 0 Å². The molecule has 2 rings (SSSR count). The van der Waals surface area contributed by atoms with Gasteiger partial charge in [-0.25, -0.2) is 8.78 Å². The van der Waals surface area contributed by atoms with Crippen molar-refractivity contribution in [3.63, 3.8) is 0 Å². The zero-order chi connectivity index (χ0) is 13.1. The molecule has 1 heterocycles. The number of aromatic nitrogens is 1. The molecule has 2 aromatic rings. The van der Waals surface area contributed by atoms with Gasteiger partial charge in [-0.05, 0) is 31.2 Å². The molecule has 92 valence electrons. The van der Waals surface area contributed by atoms with E-state index in [4.69, 9.17) is 0 Å². The molecule has 1 aromatic heterocycles. The first kappa shape index (κ1) is 12.2. The molecule has 1 aromatic carbocycles. The molecule has 5 heteroatoms. The lowest BCUT2D eigenvalue weighted by molar-refractivity contribution is 0.102. The average Bonchev–Trinajstić information content (AvgIpc) is 2.32. The highest BCUT2D eigenvalue weighted by Crippen LogP contribution is 2.13. The van der Waals surface area contributed by atoms with Crippen molar-refractivity contribution in [2.75, 3.05) is 5.32 Å². The second-order valence-electron chi connectivity index (χ2n) is 3.77. The van der Waals surface area contributed by atoms with E-state index in [0.717, 1.165) is 17.8 Å². The molecule has 3 nitrogen and oxygen atoms in total. The second kappa shape index (κ2) is 4.91. The Kier molecular flexibility index (Phi) is 3.32. The number of carbonyl (C=O) groups is 1. The number of amides is 1. The molecule has 0 unspecified atom stereocenters. The van der Waals surface area contributed by atoms with Crippen molar-refractivity contribution in [1.29, 1.82) is 0 Å². The second-order valence-corrected chi connectivity index (χ2v) is 3.77. The minimum atomic E-state index is -0.896. The molecule has 0 saturated carbocycles. The Morgan fingerprint density at radius 2 is 2.00 bits per heavy atom. The molecule has 0 aliphatic rings. The Morgan fingerprint density at radius 3 is 2.61 bits per heavy atom. The van der Waals surface area contributed by atoms with E-state index in [1.807, 2.05) is 6.92 Å². The van der Waals surface area contributed by atoms with E-state index in [9.17, 15) is 13.6 Å². The molecule has 1 N–H and O–H groups in total. The quantitative estimate of drug-likeness (QED) is 0.887. The SMILES string of the molecule is Cc1ccc(NC(=O)c2ccc(F)cc2F)cn1. The average molecular weight is 248 g/mol. The number of nitrogens with zero attached hydrogens (tertiary/aromatic N) is 1. The predicted octanol–water partition coefficient (Wildman–Crippen LogP) is 2.92. The van der Waals surface area contributed by atoms with Crippen LogP contribution in [0.1, 0.15) is 16.1 Å². The van der Waals surface area contributed by atoms with Gasteiger partial charge in [-0.15, -0.1) is 0 Å². The van der Waals surface area contributed by atoms with Gasteiger partial charge in [-0.3, -0.25) is 9.78 Å². The number of benzene rings is 1. The lowest BCUT2D eigenvalue weighted by Crippen LogP contribution is -2.14. The van der Waals surface area contributed by atoms with E-state index < -0.39 is 17.5 Å². The van der Waals surface area contributed by atoms with Crippen molar-refractivity contribution in [3.8, 4) is 0 Å². The van der Waals surface area contributed by atoms with E-state index in [2.05, 4.69) is 10.3 Å². The van der Waals surface area contributed by atoms with Crippen LogP contribution in [0.15, 0.2) is 36.5 Å². The standard InChI is InChI=1S/C13H10F2N2O/c1-8-2-4-10(7-16-8)17-13(18)11-5-3-9(14)6-12(11)15/h2-7H,1H3,(H,17,18). The summed E-state index contributed by atoms with van der Waals surface area (Å²) in [6.45, 7) is 1.81. The maximum Gasteiger partial charge on any atom is 0.258 e. The van der Waals surface area contributed by atoms with Gasteiger partial charge < -0.3 is 5.32 Å². The minimum absolute atomic E-state index is 0.211. The summed E-state index contributed by atoms with van der Waals surface area (Å²) in [7, 11) is 0. The molecule has 0 saturated heterocycles. The molecular weight excluding hydrogens is 238 g/mol. The summed E-state index contributed by atoms with van der Waals surface area (Å²) >= 11 is 0. The van der Waals surface area contributed by atoms with Gasteiger partial charge in [0.25, 0.3) is 5.91 Å². The molecule has 0 fully saturated rings. The first-order valence-corrected chi connectivity index (χ1v) is 5.25. The van der Waals surface area contributed by atoms with Crippen LogP contribution in [0.5, 0.6) is 0 Å². The lowest BCUT2D eigenvalue weighted by atomic mass is 10.2. The van der Waals surface area contributed by atoms with Crippen molar-refractivity contribution < 1.29 is 13.6 Å². The Labute approximate surface area is 102 Å². The molecule has 0 bridgehead atoms. The third-order valence-corrected chi connectivity index (χ3v) is 2.34. The summed E-state index contributed by atoms with van der Waals surface area (Å²) in [6, 6.07) is 6.17. The number of aryl methyl sites for hydroxylation is 1. The van der Waals surface area contributed by atoms with Crippen molar-refractivity contribution >= 4 is 11.6 Å². The highest BCUT2D eigenvalue weighted by atomic mass is 19.1.